The molecule has 0 fully saturated rings. The van der Waals surface area contributed by atoms with Gasteiger partial charge >= 0.3 is 5.97 Å². The van der Waals surface area contributed by atoms with Crippen LogP contribution in [0, 0.1) is 0 Å². The first-order valence-corrected chi connectivity index (χ1v) is 8.78. The molecule has 5 heteroatoms. The molecular formula is C19H17NO3S. The molecule has 4 nitrogen and oxygen atoms in total. The number of fused-ring (bicyclic) bond motifs is 1. The van der Waals surface area contributed by atoms with Gasteiger partial charge in [0.1, 0.15) is 0 Å². The highest BCUT2D eigenvalue weighted by molar-refractivity contribution is 7.98. The lowest BCUT2D eigenvalue weighted by Gasteiger charge is -2.12. The van der Waals surface area contributed by atoms with Crippen molar-refractivity contribution in [2.75, 3.05) is 6.26 Å². The highest BCUT2D eigenvalue weighted by Crippen LogP contribution is 2.21. The Balaban J connectivity index is 1.74. The number of hydrogen-bond donors (Lipinski definition) is 1. The number of benzene rings is 2. The van der Waals surface area contributed by atoms with Crippen LogP contribution in [0.15, 0.2) is 59.6 Å². The molecule has 0 spiro atoms. The van der Waals surface area contributed by atoms with Gasteiger partial charge in [0.2, 0.25) is 5.78 Å². The Bertz CT molecular complexity index is 883. The topological polar surface area (TPSA) is 59.2 Å². The summed E-state index contributed by atoms with van der Waals surface area (Å²) >= 11 is 1.60. The van der Waals surface area contributed by atoms with Crippen molar-refractivity contribution < 1.29 is 14.3 Å². The fourth-order valence-electron chi connectivity index (χ4n) is 2.50. The SMILES string of the molecule is CSc1ccc(C(=O)O[C@@H](C)C(=O)c2c[nH]c3ccccc23)cc1. The summed E-state index contributed by atoms with van der Waals surface area (Å²) in [7, 11) is 0. The van der Waals surface area contributed by atoms with Crippen LogP contribution in [0.5, 0.6) is 0 Å². The van der Waals surface area contributed by atoms with E-state index in [4.69, 9.17) is 4.74 Å². The van der Waals surface area contributed by atoms with Gasteiger partial charge in [0.25, 0.3) is 0 Å². The van der Waals surface area contributed by atoms with Gasteiger partial charge < -0.3 is 9.72 Å². The van der Waals surface area contributed by atoms with Gasteiger partial charge in [-0.25, -0.2) is 4.79 Å². The number of ketones is 1. The molecule has 0 bridgehead atoms. The van der Waals surface area contributed by atoms with E-state index in [1.807, 2.05) is 42.7 Å². The average Bonchev–Trinajstić information content (AvgIpc) is 3.05. The first-order chi connectivity index (χ1) is 11.6. The maximum atomic E-state index is 12.6. The summed E-state index contributed by atoms with van der Waals surface area (Å²) in [6, 6.07) is 14.7. The molecule has 0 amide bonds. The van der Waals surface area contributed by atoms with E-state index in [0.29, 0.717) is 11.1 Å². The van der Waals surface area contributed by atoms with Crippen LogP contribution in [0.1, 0.15) is 27.6 Å². The van der Waals surface area contributed by atoms with Crippen LogP contribution < -0.4 is 0 Å². The Morgan fingerprint density at radius 2 is 1.79 bits per heavy atom. The number of nitrogens with one attached hydrogen (secondary N) is 1. The van der Waals surface area contributed by atoms with Gasteiger partial charge in [-0.3, -0.25) is 4.79 Å². The van der Waals surface area contributed by atoms with Crippen molar-refractivity contribution in [1.82, 2.24) is 4.98 Å². The van der Waals surface area contributed by atoms with Crippen molar-refractivity contribution in [2.45, 2.75) is 17.9 Å². The molecule has 1 atom stereocenters. The number of para-hydroxylation sites is 1. The Morgan fingerprint density at radius 3 is 2.50 bits per heavy atom. The minimum atomic E-state index is -0.850. The lowest BCUT2D eigenvalue weighted by Crippen LogP contribution is -2.24. The highest BCUT2D eigenvalue weighted by atomic mass is 32.2. The zero-order valence-corrected chi connectivity index (χ0v) is 14.2. The number of hydrogen-bond acceptors (Lipinski definition) is 4. The zero-order chi connectivity index (χ0) is 17.1. The molecule has 0 radical (unpaired) electrons. The minimum Gasteiger partial charge on any atom is -0.451 e. The lowest BCUT2D eigenvalue weighted by molar-refractivity contribution is 0.0319. The Labute approximate surface area is 144 Å². The normalized spacial score (nSPS) is 12.1. The second kappa shape index (κ2) is 6.93. The van der Waals surface area contributed by atoms with Crippen molar-refractivity contribution in [3.05, 3.63) is 65.9 Å². The summed E-state index contributed by atoms with van der Waals surface area (Å²) in [5.74, 6) is -0.718. The fourth-order valence-corrected chi connectivity index (χ4v) is 2.91. The van der Waals surface area contributed by atoms with Crippen LogP contribution >= 0.6 is 11.8 Å². The first kappa shape index (κ1) is 16.3. The number of thioether (sulfide) groups is 1. The molecule has 1 heterocycles. The van der Waals surface area contributed by atoms with Crippen LogP contribution in [0.3, 0.4) is 0 Å². The molecule has 0 aliphatic heterocycles. The minimum absolute atomic E-state index is 0.221. The second-order valence-corrected chi connectivity index (χ2v) is 6.27. The molecule has 24 heavy (non-hydrogen) atoms. The number of carbonyl (C=O) groups is 2. The van der Waals surface area contributed by atoms with Gasteiger partial charge in [-0.1, -0.05) is 18.2 Å². The average molecular weight is 339 g/mol. The largest absolute Gasteiger partial charge is 0.451 e. The maximum absolute atomic E-state index is 12.6. The van der Waals surface area contributed by atoms with E-state index < -0.39 is 12.1 Å². The van der Waals surface area contributed by atoms with Crippen molar-refractivity contribution in [1.29, 1.82) is 0 Å². The van der Waals surface area contributed by atoms with Gasteiger partial charge in [-0.2, -0.15) is 0 Å². The van der Waals surface area contributed by atoms with E-state index in [2.05, 4.69) is 4.98 Å². The Hall–Kier alpha value is -2.53. The molecule has 0 saturated carbocycles. The number of aromatic amines is 1. The number of aromatic nitrogens is 1. The summed E-state index contributed by atoms with van der Waals surface area (Å²) < 4.78 is 5.34. The van der Waals surface area contributed by atoms with Crippen LogP contribution in [0.4, 0.5) is 0 Å². The van der Waals surface area contributed by atoms with Crippen molar-refractivity contribution >= 4 is 34.4 Å². The number of ether oxygens (including phenoxy) is 1. The molecule has 0 saturated heterocycles. The van der Waals surface area contributed by atoms with E-state index in [0.717, 1.165) is 15.8 Å². The number of carbonyl (C=O) groups excluding carboxylic acids is 2. The summed E-state index contributed by atoms with van der Waals surface area (Å²) in [6.07, 6.45) is 2.77. The molecular weight excluding hydrogens is 322 g/mol. The van der Waals surface area contributed by atoms with E-state index in [1.54, 1.807) is 37.0 Å². The molecule has 1 N–H and O–H groups in total. The van der Waals surface area contributed by atoms with Crippen molar-refractivity contribution in [3.8, 4) is 0 Å². The van der Waals surface area contributed by atoms with E-state index in [-0.39, 0.29) is 5.78 Å². The third kappa shape index (κ3) is 3.21. The van der Waals surface area contributed by atoms with Crippen LogP contribution in [-0.4, -0.2) is 29.1 Å². The van der Waals surface area contributed by atoms with Gasteiger partial charge in [0, 0.05) is 27.6 Å². The smallest absolute Gasteiger partial charge is 0.338 e. The molecule has 2 aromatic carbocycles. The molecule has 3 rings (SSSR count). The van der Waals surface area contributed by atoms with Crippen molar-refractivity contribution in [3.63, 3.8) is 0 Å². The molecule has 1 aromatic heterocycles. The van der Waals surface area contributed by atoms with Gasteiger partial charge in [0.15, 0.2) is 6.10 Å². The van der Waals surface area contributed by atoms with Crippen LogP contribution in [0.2, 0.25) is 0 Å². The third-order valence-corrected chi connectivity index (χ3v) is 4.58. The molecule has 0 unspecified atom stereocenters. The van der Waals surface area contributed by atoms with E-state index in [9.17, 15) is 9.59 Å². The lowest BCUT2D eigenvalue weighted by atomic mass is 10.1. The van der Waals surface area contributed by atoms with Gasteiger partial charge in [-0.15, -0.1) is 11.8 Å². The highest BCUT2D eigenvalue weighted by Gasteiger charge is 2.22. The van der Waals surface area contributed by atoms with Gasteiger partial charge in [0.05, 0.1) is 5.56 Å². The number of rotatable bonds is 5. The number of H-pyrrole nitrogens is 1. The first-order valence-electron chi connectivity index (χ1n) is 7.55. The Kier molecular flexibility index (Phi) is 4.71. The van der Waals surface area contributed by atoms with Crippen LogP contribution in [0.25, 0.3) is 10.9 Å². The summed E-state index contributed by atoms with van der Waals surface area (Å²) in [6.45, 7) is 1.60. The van der Waals surface area contributed by atoms with Crippen LogP contribution in [-0.2, 0) is 4.74 Å². The summed E-state index contributed by atoms with van der Waals surface area (Å²) in [4.78, 5) is 28.9. The quantitative estimate of drug-likeness (QED) is 0.427. The van der Waals surface area contributed by atoms with E-state index >= 15 is 0 Å². The predicted octanol–water partition coefficient (Wildman–Crippen LogP) is 4.32. The fraction of sp³-hybridized carbons (Fsp3) is 0.158. The maximum Gasteiger partial charge on any atom is 0.338 e. The van der Waals surface area contributed by atoms with Crippen molar-refractivity contribution in [2.24, 2.45) is 0 Å². The monoisotopic (exact) mass is 339 g/mol. The van der Waals surface area contributed by atoms with Gasteiger partial charge in [-0.05, 0) is 43.5 Å². The molecule has 122 valence electrons. The molecule has 3 aromatic rings. The molecule has 0 aliphatic rings. The van der Waals surface area contributed by atoms with E-state index in [1.165, 1.54) is 0 Å². The number of Topliss-reactive ketones (excluding diaryl/α,β-unsaturated/α-hetero) is 1. The summed E-state index contributed by atoms with van der Waals surface area (Å²) in [5, 5.41) is 0.828. The Morgan fingerprint density at radius 1 is 1.08 bits per heavy atom. The standard InChI is InChI=1S/C19H17NO3S/c1-12(23-19(22)13-7-9-14(24-2)10-8-13)18(21)16-11-20-17-6-4-3-5-15(16)17/h3-12,20H,1-2H3/t12-/m0/s1. The summed E-state index contributed by atoms with van der Waals surface area (Å²) in [5.41, 5.74) is 1.85. The third-order valence-electron chi connectivity index (χ3n) is 3.83. The predicted molar refractivity (Wildman–Crippen MR) is 95.7 cm³/mol. The second-order valence-electron chi connectivity index (χ2n) is 5.39. The number of esters is 1. The zero-order valence-electron chi connectivity index (χ0n) is 13.4. The molecule has 0 aliphatic carbocycles.